The Hall–Kier alpha value is -1.67. The summed E-state index contributed by atoms with van der Waals surface area (Å²) in [6.07, 6.45) is 9.91. The summed E-state index contributed by atoms with van der Waals surface area (Å²) in [5.41, 5.74) is 2.29. The summed E-state index contributed by atoms with van der Waals surface area (Å²) in [4.78, 5) is 19.4. The SMILES string of the molecule is CC1CCc2c(sc3ncn4c(SCC(=O)NC5CCCC5)nnc4c23)C1. The van der Waals surface area contributed by atoms with E-state index in [9.17, 15) is 4.79 Å². The fraction of sp³-hybridized carbons (Fsp3) is 0.579. The second-order valence-corrected chi connectivity index (χ2v) is 9.82. The monoisotopic (exact) mass is 401 g/mol. The highest BCUT2D eigenvalue weighted by molar-refractivity contribution is 7.99. The number of thiophene rings is 1. The molecule has 0 radical (unpaired) electrons. The van der Waals surface area contributed by atoms with Crippen LogP contribution in [0.5, 0.6) is 0 Å². The molecule has 0 spiro atoms. The molecular weight excluding hydrogens is 378 g/mol. The lowest BCUT2D eigenvalue weighted by Crippen LogP contribution is -2.33. The van der Waals surface area contributed by atoms with E-state index in [2.05, 4.69) is 27.4 Å². The Morgan fingerprint density at radius 2 is 2.19 bits per heavy atom. The van der Waals surface area contributed by atoms with Gasteiger partial charge in [-0.15, -0.1) is 21.5 Å². The van der Waals surface area contributed by atoms with E-state index in [4.69, 9.17) is 0 Å². The molecule has 142 valence electrons. The zero-order chi connectivity index (χ0) is 18.4. The first-order chi connectivity index (χ1) is 13.2. The number of hydrogen-bond acceptors (Lipinski definition) is 6. The first kappa shape index (κ1) is 17.4. The minimum absolute atomic E-state index is 0.0830. The van der Waals surface area contributed by atoms with Crippen molar-refractivity contribution in [2.45, 2.75) is 63.1 Å². The number of aryl methyl sites for hydroxylation is 1. The molecule has 1 fully saturated rings. The van der Waals surface area contributed by atoms with Crippen LogP contribution in [0.3, 0.4) is 0 Å². The number of aromatic nitrogens is 4. The first-order valence-corrected chi connectivity index (χ1v) is 11.6. The minimum Gasteiger partial charge on any atom is -0.353 e. The molecule has 3 aromatic rings. The van der Waals surface area contributed by atoms with Gasteiger partial charge in [-0.3, -0.25) is 9.20 Å². The molecule has 2 aliphatic carbocycles. The van der Waals surface area contributed by atoms with Crippen LogP contribution >= 0.6 is 23.1 Å². The van der Waals surface area contributed by atoms with E-state index in [0.717, 1.165) is 47.2 Å². The van der Waals surface area contributed by atoms with Crippen molar-refractivity contribution in [2.75, 3.05) is 5.75 Å². The lowest BCUT2D eigenvalue weighted by atomic mass is 9.89. The summed E-state index contributed by atoms with van der Waals surface area (Å²) in [6.45, 7) is 2.32. The predicted molar refractivity (Wildman–Crippen MR) is 108 cm³/mol. The van der Waals surface area contributed by atoms with Crippen LogP contribution in [0.15, 0.2) is 11.5 Å². The molecule has 5 rings (SSSR count). The van der Waals surface area contributed by atoms with Crippen LogP contribution in [-0.4, -0.2) is 37.3 Å². The third-order valence-electron chi connectivity index (χ3n) is 5.72. The molecule has 0 saturated heterocycles. The quantitative estimate of drug-likeness (QED) is 0.676. The fourth-order valence-electron chi connectivity index (χ4n) is 4.29. The molecule has 0 aliphatic heterocycles. The maximum Gasteiger partial charge on any atom is 0.230 e. The van der Waals surface area contributed by atoms with Crippen LogP contribution in [0, 0.1) is 5.92 Å². The number of fused-ring (bicyclic) bond motifs is 5. The van der Waals surface area contributed by atoms with Crippen LogP contribution in [-0.2, 0) is 17.6 Å². The van der Waals surface area contributed by atoms with Crippen molar-refractivity contribution in [1.29, 1.82) is 0 Å². The molecule has 1 unspecified atom stereocenters. The summed E-state index contributed by atoms with van der Waals surface area (Å²) in [6, 6.07) is 0.356. The van der Waals surface area contributed by atoms with Crippen LogP contribution in [0.25, 0.3) is 15.9 Å². The van der Waals surface area contributed by atoms with Crippen molar-refractivity contribution in [3.8, 4) is 0 Å². The van der Waals surface area contributed by atoms with Crippen molar-refractivity contribution in [1.82, 2.24) is 24.9 Å². The number of nitrogens with zero attached hydrogens (tertiary/aromatic N) is 4. The number of thioether (sulfide) groups is 1. The van der Waals surface area contributed by atoms with E-state index in [1.54, 1.807) is 17.7 Å². The van der Waals surface area contributed by atoms with Gasteiger partial charge in [0.05, 0.1) is 11.1 Å². The van der Waals surface area contributed by atoms with Crippen molar-refractivity contribution >= 4 is 44.9 Å². The van der Waals surface area contributed by atoms with Gasteiger partial charge < -0.3 is 5.32 Å². The highest BCUT2D eigenvalue weighted by Crippen LogP contribution is 2.39. The molecule has 8 heteroatoms. The lowest BCUT2D eigenvalue weighted by molar-refractivity contribution is -0.119. The summed E-state index contributed by atoms with van der Waals surface area (Å²) in [5, 5.41) is 13.8. The van der Waals surface area contributed by atoms with Gasteiger partial charge in [0.1, 0.15) is 11.2 Å². The van der Waals surface area contributed by atoms with E-state index in [-0.39, 0.29) is 5.91 Å². The Kier molecular flexibility index (Phi) is 4.55. The molecule has 2 aliphatic rings. The number of carbonyl (C=O) groups excluding carboxylic acids is 1. The molecule has 27 heavy (non-hydrogen) atoms. The Balaban J connectivity index is 1.39. The van der Waals surface area contributed by atoms with Gasteiger partial charge in [-0.25, -0.2) is 4.98 Å². The van der Waals surface area contributed by atoms with Gasteiger partial charge >= 0.3 is 0 Å². The lowest BCUT2D eigenvalue weighted by Gasteiger charge is -2.17. The maximum absolute atomic E-state index is 12.2. The highest BCUT2D eigenvalue weighted by atomic mass is 32.2. The van der Waals surface area contributed by atoms with Crippen molar-refractivity contribution in [3.63, 3.8) is 0 Å². The van der Waals surface area contributed by atoms with Crippen molar-refractivity contribution in [3.05, 3.63) is 16.8 Å². The molecule has 3 aromatic heterocycles. The predicted octanol–water partition coefficient (Wildman–Crippen LogP) is 3.61. The summed E-state index contributed by atoms with van der Waals surface area (Å²) in [5.74, 6) is 1.19. The number of carbonyl (C=O) groups is 1. The van der Waals surface area contributed by atoms with Crippen molar-refractivity contribution < 1.29 is 4.79 Å². The number of rotatable bonds is 4. The van der Waals surface area contributed by atoms with Crippen molar-refractivity contribution in [2.24, 2.45) is 5.92 Å². The summed E-state index contributed by atoms with van der Waals surface area (Å²) < 4.78 is 1.95. The largest absolute Gasteiger partial charge is 0.353 e. The van der Waals surface area contributed by atoms with Gasteiger partial charge in [0, 0.05) is 10.9 Å². The van der Waals surface area contributed by atoms with Gasteiger partial charge in [0.15, 0.2) is 10.8 Å². The number of nitrogens with one attached hydrogen (secondary N) is 1. The van der Waals surface area contributed by atoms with E-state index in [1.807, 2.05) is 4.40 Å². The van der Waals surface area contributed by atoms with E-state index in [1.165, 1.54) is 46.9 Å². The zero-order valence-corrected chi connectivity index (χ0v) is 17.0. The molecule has 1 atom stereocenters. The van der Waals surface area contributed by atoms with Crippen LogP contribution < -0.4 is 5.32 Å². The van der Waals surface area contributed by atoms with E-state index in [0.29, 0.717) is 11.8 Å². The normalized spacial score (nSPS) is 20.4. The Bertz CT molecular complexity index is 1000. The molecule has 1 N–H and O–H groups in total. The zero-order valence-electron chi connectivity index (χ0n) is 15.4. The van der Waals surface area contributed by atoms with Gasteiger partial charge in [0.25, 0.3) is 0 Å². The van der Waals surface area contributed by atoms with Gasteiger partial charge in [-0.1, -0.05) is 31.5 Å². The summed E-state index contributed by atoms with van der Waals surface area (Å²) >= 11 is 3.24. The second-order valence-electron chi connectivity index (χ2n) is 7.79. The molecule has 0 aromatic carbocycles. The molecule has 0 bridgehead atoms. The van der Waals surface area contributed by atoms with E-state index >= 15 is 0 Å². The first-order valence-electron chi connectivity index (χ1n) is 9.75. The molecule has 6 nitrogen and oxygen atoms in total. The molecular formula is C19H23N5OS2. The molecule has 3 heterocycles. The number of hydrogen-bond donors (Lipinski definition) is 1. The standard InChI is InChI=1S/C19H23N5OS2/c1-11-6-7-13-14(8-11)27-18-16(13)17-22-23-19(24(17)10-20-18)26-9-15(25)21-12-4-2-3-5-12/h10-12H,2-9H2,1H3,(H,21,25). The Morgan fingerprint density at radius 3 is 3.04 bits per heavy atom. The summed E-state index contributed by atoms with van der Waals surface area (Å²) in [7, 11) is 0. The second kappa shape index (κ2) is 7.05. The Morgan fingerprint density at radius 1 is 1.33 bits per heavy atom. The third-order valence-corrected chi connectivity index (χ3v) is 7.83. The maximum atomic E-state index is 12.2. The highest BCUT2D eigenvalue weighted by Gasteiger charge is 2.24. The smallest absolute Gasteiger partial charge is 0.230 e. The topological polar surface area (TPSA) is 72.2 Å². The van der Waals surface area contributed by atoms with E-state index < -0.39 is 0 Å². The fourth-order valence-corrected chi connectivity index (χ4v) is 6.35. The van der Waals surface area contributed by atoms with Crippen LogP contribution in [0.1, 0.15) is 49.5 Å². The number of amides is 1. The average Bonchev–Trinajstić information content (AvgIpc) is 3.37. The molecule has 1 amide bonds. The molecule has 1 saturated carbocycles. The minimum atomic E-state index is 0.0830. The average molecular weight is 402 g/mol. The van der Waals surface area contributed by atoms with Crippen LogP contribution in [0.4, 0.5) is 0 Å². The third kappa shape index (κ3) is 3.23. The van der Waals surface area contributed by atoms with Crippen LogP contribution in [0.2, 0.25) is 0 Å². The van der Waals surface area contributed by atoms with Gasteiger partial charge in [0.2, 0.25) is 5.91 Å². The van der Waals surface area contributed by atoms with Gasteiger partial charge in [-0.05, 0) is 43.6 Å². The van der Waals surface area contributed by atoms with Gasteiger partial charge in [-0.2, -0.15) is 0 Å². The Labute approximate surface area is 166 Å².